The maximum atomic E-state index is 8.82. The highest BCUT2D eigenvalue weighted by atomic mass is 16.1. The molecule has 8 nitrogen and oxygen atoms in total. The number of rotatable bonds is 11. The summed E-state index contributed by atoms with van der Waals surface area (Å²) in [6.07, 6.45) is 11.5. The molecule has 1 aliphatic carbocycles. The van der Waals surface area contributed by atoms with Gasteiger partial charge in [0.1, 0.15) is 5.82 Å². The maximum Gasteiger partial charge on any atom is 0.224 e. The first-order chi connectivity index (χ1) is 16.1. The van der Waals surface area contributed by atoms with Gasteiger partial charge in [0.2, 0.25) is 12.4 Å². The third-order valence-corrected chi connectivity index (χ3v) is 5.57. The number of nitrogens with one attached hydrogen (secondary N) is 4. The number of hydrogen-bond acceptors (Lipinski definition) is 7. The molecule has 1 aliphatic rings. The van der Waals surface area contributed by atoms with Crippen LogP contribution in [0.15, 0.2) is 30.5 Å². The number of anilines is 3. The number of carbonyl (C=O) groups excluding carboxylic acids is 1. The molecule has 1 aromatic carbocycles. The van der Waals surface area contributed by atoms with E-state index in [-0.39, 0.29) is 6.41 Å². The van der Waals surface area contributed by atoms with Gasteiger partial charge >= 0.3 is 0 Å². The van der Waals surface area contributed by atoms with Gasteiger partial charge in [0.25, 0.3) is 0 Å². The van der Waals surface area contributed by atoms with Crippen LogP contribution in [-0.2, 0) is 4.79 Å². The molecule has 1 heterocycles. The fourth-order valence-electron chi connectivity index (χ4n) is 3.76. The SMILES string of the molecule is CCCCNc1ncc(C(=N)c2ccc(NCCC)cc2)c(NC2CCCCC2)n1.NC=O. The molecule has 0 radical (unpaired) electrons. The summed E-state index contributed by atoms with van der Waals surface area (Å²) >= 11 is 0. The predicted molar refractivity (Wildman–Crippen MR) is 137 cm³/mol. The third-order valence-electron chi connectivity index (χ3n) is 5.57. The normalized spacial score (nSPS) is 13.4. The van der Waals surface area contributed by atoms with Gasteiger partial charge in [0.05, 0.1) is 11.3 Å². The Bertz CT molecular complexity index is 848. The molecule has 0 atom stereocenters. The molecule has 0 aliphatic heterocycles. The van der Waals surface area contributed by atoms with Crippen LogP contribution in [0.2, 0.25) is 0 Å². The molecule has 0 bridgehead atoms. The molecule has 1 aromatic heterocycles. The van der Waals surface area contributed by atoms with Crippen LogP contribution in [0.4, 0.5) is 17.5 Å². The number of primary amides is 1. The molecule has 1 saturated carbocycles. The number of amides is 1. The van der Waals surface area contributed by atoms with Crippen molar-refractivity contribution in [1.29, 1.82) is 5.41 Å². The highest BCUT2D eigenvalue weighted by molar-refractivity contribution is 6.13. The van der Waals surface area contributed by atoms with Crippen molar-refractivity contribution >= 4 is 29.6 Å². The van der Waals surface area contributed by atoms with Gasteiger partial charge in [0.15, 0.2) is 0 Å². The number of benzene rings is 1. The van der Waals surface area contributed by atoms with Gasteiger partial charge in [-0.15, -0.1) is 0 Å². The number of aromatic nitrogens is 2. The van der Waals surface area contributed by atoms with E-state index in [0.29, 0.717) is 17.7 Å². The highest BCUT2D eigenvalue weighted by Gasteiger charge is 2.19. The lowest BCUT2D eigenvalue weighted by Gasteiger charge is -2.24. The second-order valence-corrected chi connectivity index (χ2v) is 8.23. The number of unbranched alkanes of at least 4 members (excludes halogenated alkanes) is 1. The first-order valence-electron chi connectivity index (χ1n) is 12.1. The number of nitrogens with two attached hydrogens (primary N) is 1. The van der Waals surface area contributed by atoms with Crippen molar-refractivity contribution in [3.63, 3.8) is 0 Å². The topological polar surface area (TPSA) is 129 Å². The summed E-state index contributed by atoms with van der Waals surface area (Å²) in [6, 6.07) is 8.49. The van der Waals surface area contributed by atoms with Crippen LogP contribution in [0.1, 0.15) is 76.3 Å². The summed E-state index contributed by atoms with van der Waals surface area (Å²) in [5, 5.41) is 19.1. The Morgan fingerprint density at radius 1 is 1.09 bits per heavy atom. The molecule has 33 heavy (non-hydrogen) atoms. The van der Waals surface area contributed by atoms with Crippen molar-refractivity contribution in [3.05, 3.63) is 41.6 Å². The van der Waals surface area contributed by atoms with E-state index >= 15 is 0 Å². The van der Waals surface area contributed by atoms with Crippen LogP contribution in [0.3, 0.4) is 0 Å². The fourth-order valence-corrected chi connectivity index (χ4v) is 3.76. The summed E-state index contributed by atoms with van der Waals surface area (Å²) in [5.41, 5.74) is 7.34. The molecule has 8 heteroatoms. The fraction of sp³-hybridized carbons (Fsp3) is 0.520. The molecular formula is C25H39N7O. The molecule has 1 fully saturated rings. The lowest BCUT2D eigenvalue weighted by molar-refractivity contribution is -0.106. The molecule has 0 spiro atoms. The van der Waals surface area contributed by atoms with Crippen molar-refractivity contribution < 1.29 is 4.79 Å². The zero-order valence-electron chi connectivity index (χ0n) is 20.0. The van der Waals surface area contributed by atoms with E-state index in [9.17, 15) is 0 Å². The van der Waals surface area contributed by atoms with Crippen LogP contribution < -0.4 is 21.7 Å². The molecule has 0 saturated heterocycles. The Balaban J connectivity index is 0.00000122. The van der Waals surface area contributed by atoms with Crippen LogP contribution in [0, 0.1) is 5.41 Å². The molecule has 3 rings (SSSR count). The molecule has 2 aromatic rings. The molecule has 6 N–H and O–H groups in total. The van der Waals surface area contributed by atoms with Crippen LogP contribution in [-0.4, -0.2) is 41.2 Å². The Labute approximate surface area is 197 Å². The lowest BCUT2D eigenvalue weighted by atomic mass is 9.95. The maximum absolute atomic E-state index is 8.82. The predicted octanol–water partition coefficient (Wildman–Crippen LogP) is 4.77. The Morgan fingerprint density at radius 2 is 1.79 bits per heavy atom. The third kappa shape index (κ3) is 8.71. The molecule has 1 amide bonds. The summed E-state index contributed by atoms with van der Waals surface area (Å²) in [7, 11) is 0. The van der Waals surface area contributed by atoms with E-state index in [1.807, 2.05) is 24.3 Å². The second-order valence-electron chi connectivity index (χ2n) is 8.23. The van der Waals surface area contributed by atoms with E-state index in [4.69, 9.17) is 15.2 Å². The Hall–Kier alpha value is -3.16. The average Bonchev–Trinajstić information content (AvgIpc) is 2.84. The summed E-state index contributed by atoms with van der Waals surface area (Å²) in [6.45, 7) is 6.14. The van der Waals surface area contributed by atoms with Crippen molar-refractivity contribution in [3.8, 4) is 0 Å². The number of nitrogens with zero attached hydrogens (tertiary/aromatic N) is 2. The Morgan fingerprint density at radius 3 is 2.42 bits per heavy atom. The molecule has 0 unspecified atom stereocenters. The molecular weight excluding hydrogens is 414 g/mol. The summed E-state index contributed by atoms with van der Waals surface area (Å²) in [4.78, 5) is 17.8. The van der Waals surface area contributed by atoms with Gasteiger partial charge in [0, 0.05) is 36.6 Å². The minimum atomic E-state index is 0.250. The first-order valence-corrected chi connectivity index (χ1v) is 12.1. The van der Waals surface area contributed by atoms with E-state index in [0.717, 1.165) is 67.8 Å². The largest absolute Gasteiger partial charge is 0.385 e. The number of hydrogen-bond donors (Lipinski definition) is 5. The van der Waals surface area contributed by atoms with Crippen molar-refractivity contribution in [2.75, 3.05) is 29.0 Å². The summed E-state index contributed by atoms with van der Waals surface area (Å²) < 4.78 is 0. The minimum absolute atomic E-state index is 0.250. The van der Waals surface area contributed by atoms with Gasteiger partial charge < -0.3 is 21.7 Å². The van der Waals surface area contributed by atoms with E-state index in [2.05, 4.69) is 40.5 Å². The van der Waals surface area contributed by atoms with E-state index < -0.39 is 0 Å². The van der Waals surface area contributed by atoms with Crippen LogP contribution >= 0.6 is 0 Å². The standard InChI is InChI=1S/C24H36N6.CH3NO/c1-3-5-16-27-24-28-17-21(23(30-24)29-20-9-7-6-8-10-20)22(25)18-11-13-19(14-12-18)26-15-4-2;2-1-3/h11-14,17,20,25-26H,3-10,15-16H2,1-2H3,(H2,27,28,29,30);1H,(H2,2,3). The van der Waals surface area contributed by atoms with Gasteiger partial charge in [-0.25, -0.2) is 4.98 Å². The van der Waals surface area contributed by atoms with Crippen molar-refractivity contribution in [2.45, 2.75) is 71.3 Å². The second kappa shape index (κ2) is 14.8. The first kappa shape index (κ1) is 26.1. The number of carbonyl (C=O) groups is 1. The monoisotopic (exact) mass is 453 g/mol. The average molecular weight is 454 g/mol. The van der Waals surface area contributed by atoms with Gasteiger partial charge in [-0.1, -0.05) is 51.7 Å². The van der Waals surface area contributed by atoms with E-state index in [1.165, 1.54) is 19.3 Å². The summed E-state index contributed by atoms with van der Waals surface area (Å²) in [5.74, 6) is 1.41. The Kier molecular flexibility index (Phi) is 11.7. The van der Waals surface area contributed by atoms with Gasteiger partial charge in [-0.05, 0) is 37.8 Å². The van der Waals surface area contributed by atoms with Crippen molar-refractivity contribution in [2.24, 2.45) is 5.73 Å². The van der Waals surface area contributed by atoms with Crippen LogP contribution in [0.25, 0.3) is 0 Å². The highest BCUT2D eigenvalue weighted by Crippen LogP contribution is 2.25. The quantitative estimate of drug-likeness (QED) is 0.189. The van der Waals surface area contributed by atoms with Crippen LogP contribution in [0.5, 0.6) is 0 Å². The molecule has 180 valence electrons. The van der Waals surface area contributed by atoms with E-state index in [1.54, 1.807) is 6.20 Å². The zero-order chi connectivity index (χ0) is 23.9. The van der Waals surface area contributed by atoms with Gasteiger partial charge in [-0.3, -0.25) is 10.2 Å². The smallest absolute Gasteiger partial charge is 0.224 e. The van der Waals surface area contributed by atoms with Gasteiger partial charge in [-0.2, -0.15) is 4.98 Å². The lowest BCUT2D eigenvalue weighted by Crippen LogP contribution is -2.25. The zero-order valence-corrected chi connectivity index (χ0v) is 20.0. The minimum Gasteiger partial charge on any atom is -0.385 e. The van der Waals surface area contributed by atoms with Crippen molar-refractivity contribution in [1.82, 2.24) is 9.97 Å².